The summed E-state index contributed by atoms with van der Waals surface area (Å²) in [6, 6.07) is -1.25. The molecular weight excluding hydrogens is 535 g/mol. The molecule has 0 spiro atoms. The van der Waals surface area contributed by atoms with Crippen LogP contribution < -0.4 is 0 Å². The molecule has 0 atom stereocenters. The van der Waals surface area contributed by atoms with Gasteiger partial charge in [-0.05, 0) is 6.42 Å². The van der Waals surface area contributed by atoms with Gasteiger partial charge in [-0.3, -0.25) is 0 Å². The lowest BCUT2D eigenvalue weighted by Gasteiger charge is -2.28. The molecule has 0 radical (unpaired) electrons. The lowest BCUT2D eigenvalue weighted by molar-refractivity contribution is -0.209. The smallest absolute Gasteiger partial charge is 0.448 e. The predicted octanol–water partition coefficient (Wildman–Crippen LogP) is 6.94. The van der Waals surface area contributed by atoms with Crippen molar-refractivity contribution in [3.8, 4) is 0 Å². The van der Waals surface area contributed by atoms with E-state index < -0.39 is 57.7 Å². The molecule has 0 saturated carbocycles. The highest BCUT2D eigenvalue weighted by Gasteiger charge is 2.62. The van der Waals surface area contributed by atoms with Crippen molar-refractivity contribution in [3.63, 3.8) is 0 Å². The average molecular weight is 565 g/mol. The third-order valence-corrected chi connectivity index (χ3v) is 7.23. The number of alkyl halides is 9. The van der Waals surface area contributed by atoms with Crippen LogP contribution in [0.25, 0.3) is 0 Å². The third kappa shape index (κ3) is 14.5. The van der Waals surface area contributed by atoms with Gasteiger partial charge in [0.05, 0.1) is 6.04 Å². The van der Waals surface area contributed by atoms with Crippen LogP contribution in [0.1, 0.15) is 84.0 Å². The minimum absolute atomic E-state index is 0.0575. The summed E-state index contributed by atoms with van der Waals surface area (Å²) in [6.07, 6.45) is -8.85. The maximum Gasteiger partial charge on any atom is 0.705 e. The molecule has 0 aromatic rings. The van der Waals surface area contributed by atoms with E-state index in [4.69, 9.17) is 0 Å². The summed E-state index contributed by atoms with van der Waals surface area (Å²) < 4.78 is 125. The van der Waals surface area contributed by atoms with Gasteiger partial charge in [0.2, 0.25) is 0 Å². The van der Waals surface area contributed by atoms with Crippen molar-refractivity contribution in [2.24, 2.45) is 0 Å². The Kier molecular flexibility index (Phi) is 14.4. The van der Waals surface area contributed by atoms with Crippen LogP contribution in [0.4, 0.5) is 39.5 Å². The van der Waals surface area contributed by atoms with Crippen molar-refractivity contribution in [2.45, 2.75) is 109 Å². The lowest BCUT2D eigenvalue weighted by Crippen LogP contribution is -2.55. The molecule has 36 heavy (non-hydrogen) atoms. The monoisotopic (exact) mass is 564 g/mol. The summed E-state index contributed by atoms with van der Waals surface area (Å²) in [5.41, 5.74) is 0. The second-order valence-electron chi connectivity index (χ2n) is 7.98. The molecule has 0 saturated heterocycles. The minimum atomic E-state index is -6.12. The Labute approximate surface area is 203 Å². The summed E-state index contributed by atoms with van der Waals surface area (Å²) in [6.45, 7) is 2.09. The molecule has 0 bridgehead atoms. The Bertz CT molecular complexity index is 623. The summed E-state index contributed by atoms with van der Waals surface area (Å²) >= 11 is 0. The molecule has 0 amide bonds. The van der Waals surface area contributed by atoms with Crippen LogP contribution in [0, 0.1) is 0 Å². The van der Waals surface area contributed by atoms with Gasteiger partial charge in [-0.2, -0.15) is 39.5 Å². The average Bonchev–Trinajstić information content (AvgIpc) is 2.72. The van der Waals surface area contributed by atoms with E-state index in [2.05, 4.69) is 20.2 Å². The fourth-order valence-corrected chi connectivity index (χ4v) is 5.30. The highest BCUT2D eigenvalue weighted by Crippen LogP contribution is 2.31. The van der Waals surface area contributed by atoms with Gasteiger partial charge in [-0.15, -0.1) is 0 Å². The van der Waals surface area contributed by atoms with Crippen LogP contribution in [0.15, 0.2) is 0 Å². The summed E-state index contributed by atoms with van der Waals surface area (Å²) in [4.78, 5) is 33.6. The predicted molar refractivity (Wildman–Crippen MR) is 108 cm³/mol. The fraction of sp³-hybridized carbons (Fsp3) is 0.850. The summed E-state index contributed by atoms with van der Waals surface area (Å²) in [5.74, 6) is -9.80. The van der Waals surface area contributed by atoms with E-state index in [0.29, 0.717) is 12.8 Å². The molecule has 0 N–H and O–H groups in total. The van der Waals surface area contributed by atoms with E-state index in [1.165, 1.54) is 0 Å². The van der Waals surface area contributed by atoms with Gasteiger partial charge in [0.15, 0.2) is 0 Å². The topological polar surface area (TPSA) is 78.9 Å². The zero-order valence-corrected chi connectivity index (χ0v) is 20.5. The van der Waals surface area contributed by atoms with Crippen molar-refractivity contribution < 1.29 is 67.2 Å². The number of rotatable bonds is 16. The molecule has 0 aromatic heterocycles. The van der Waals surface area contributed by atoms with Crippen LogP contribution >= 0.6 is 0 Å². The first-order valence-corrected chi connectivity index (χ1v) is 13.3. The highest BCUT2D eigenvalue weighted by atomic mass is 28.4. The lowest BCUT2D eigenvalue weighted by atomic mass is 10.1. The maximum absolute atomic E-state index is 12.6. The van der Waals surface area contributed by atoms with E-state index in [1.807, 2.05) is 0 Å². The normalized spacial score (nSPS) is 12.8. The zero-order valence-electron chi connectivity index (χ0n) is 19.5. The number of unbranched alkanes of at least 4 members (excludes halogenated alkanes) is 11. The van der Waals surface area contributed by atoms with E-state index >= 15 is 0 Å². The van der Waals surface area contributed by atoms with Crippen LogP contribution in [0.5, 0.6) is 0 Å². The van der Waals surface area contributed by atoms with E-state index in [1.54, 1.807) is 0 Å². The molecule has 0 aliphatic heterocycles. The van der Waals surface area contributed by atoms with Crippen LogP contribution in [0.3, 0.4) is 0 Å². The quantitative estimate of drug-likeness (QED) is 0.115. The number of halogens is 9. The van der Waals surface area contributed by atoms with Gasteiger partial charge in [0.1, 0.15) is 0 Å². The van der Waals surface area contributed by atoms with Gasteiger partial charge in [-0.25, -0.2) is 14.4 Å². The molecule has 212 valence electrons. The molecule has 0 unspecified atom stereocenters. The molecular formula is C20H29F9O6Si. The Morgan fingerprint density at radius 1 is 0.500 bits per heavy atom. The fourth-order valence-electron chi connectivity index (χ4n) is 3.00. The third-order valence-electron chi connectivity index (χ3n) is 4.78. The first-order valence-electron chi connectivity index (χ1n) is 11.3. The Morgan fingerprint density at radius 2 is 0.750 bits per heavy atom. The van der Waals surface area contributed by atoms with Gasteiger partial charge < -0.3 is 13.3 Å². The van der Waals surface area contributed by atoms with Gasteiger partial charge in [-0.1, -0.05) is 77.6 Å². The molecule has 0 aliphatic carbocycles. The first kappa shape index (κ1) is 34.0. The van der Waals surface area contributed by atoms with Crippen molar-refractivity contribution >= 4 is 26.7 Å². The van der Waals surface area contributed by atoms with Crippen molar-refractivity contribution in [1.29, 1.82) is 0 Å². The van der Waals surface area contributed by atoms with Crippen LogP contribution in [-0.2, 0) is 27.7 Å². The number of carbonyl (C=O) groups is 3. The molecule has 0 aromatic carbocycles. The zero-order chi connectivity index (χ0) is 28.0. The van der Waals surface area contributed by atoms with Crippen LogP contribution in [-0.4, -0.2) is 45.2 Å². The standard InChI is InChI=1S/C20H29F9O6Si/c1-2-3-4-5-6-7-8-9-10-11-12-13-14-36(33-15(30)18(21,22)23,34-16(31)19(24,25)26)35-17(32)20(27,28)29/h2-14H2,1H3. The van der Waals surface area contributed by atoms with E-state index in [0.717, 1.165) is 51.4 Å². The minimum Gasteiger partial charge on any atom is -0.448 e. The van der Waals surface area contributed by atoms with E-state index in [9.17, 15) is 53.9 Å². The van der Waals surface area contributed by atoms with Crippen molar-refractivity contribution in [3.05, 3.63) is 0 Å². The highest BCUT2D eigenvalue weighted by molar-refractivity contribution is 6.65. The van der Waals surface area contributed by atoms with Gasteiger partial charge in [0.25, 0.3) is 0 Å². The second-order valence-corrected chi connectivity index (χ2v) is 10.5. The number of carbonyl (C=O) groups excluding carboxylic acids is 3. The summed E-state index contributed by atoms with van der Waals surface area (Å²) in [5, 5.41) is 0. The van der Waals surface area contributed by atoms with E-state index in [-0.39, 0.29) is 6.42 Å². The molecule has 6 nitrogen and oxygen atoms in total. The first-order chi connectivity index (χ1) is 16.4. The number of hydrogen-bond donors (Lipinski definition) is 0. The Balaban J connectivity index is 5.20. The van der Waals surface area contributed by atoms with Crippen molar-refractivity contribution in [1.82, 2.24) is 0 Å². The van der Waals surface area contributed by atoms with Crippen LogP contribution in [0.2, 0.25) is 6.04 Å². The second kappa shape index (κ2) is 15.3. The largest absolute Gasteiger partial charge is 0.705 e. The van der Waals surface area contributed by atoms with Gasteiger partial charge in [0, 0.05) is 0 Å². The van der Waals surface area contributed by atoms with Crippen molar-refractivity contribution in [2.75, 3.05) is 0 Å². The molecule has 0 fully saturated rings. The number of hydrogen-bond acceptors (Lipinski definition) is 6. The Hall–Kier alpha value is -2.00. The molecule has 0 rings (SSSR count). The molecule has 0 aliphatic rings. The molecule has 16 heteroatoms. The maximum atomic E-state index is 12.6. The molecule has 0 heterocycles. The van der Waals surface area contributed by atoms with Gasteiger partial charge >= 0.3 is 45.2 Å². The summed E-state index contributed by atoms with van der Waals surface area (Å²) in [7, 11) is -6.12. The Morgan fingerprint density at radius 3 is 1.00 bits per heavy atom. The SMILES string of the molecule is CCCCCCCCCCCCCC[Si](OC(=O)C(F)(F)F)(OC(=O)C(F)(F)F)OC(=O)C(F)(F)F.